The Kier molecular flexibility index (Phi) is 7.52. The molecule has 0 spiro atoms. The molecule has 0 saturated carbocycles. The van der Waals surface area contributed by atoms with Crippen LogP contribution in [0, 0.1) is 17.2 Å². The number of benzene rings is 1. The number of hydrogen-bond acceptors (Lipinski definition) is 5. The van der Waals surface area contributed by atoms with Crippen LogP contribution in [0.3, 0.4) is 0 Å². The predicted molar refractivity (Wildman–Crippen MR) is 130 cm³/mol. The SMILES string of the molecule is CC(C)CC(C)(COc1ccc(B2OC(C)(C)C(C)(C)O2)cc1C#N)N(C(=O)O)C(C)(C)C. The predicted octanol–water partition coefficient (Wildman–Crippen LogP) is 4.82. The summed E-state index contributed by atoms with van der Waals surface area (Å²) < 4.78 is 18.3. The van der Waals surface area contributed by atoms with E-state index in [0.717, 1.165) is 5.46 Å². The fraction of sp³-hybridized carbons (Fsp3) is 0.680. The van der Waals surface area contributed by atoms with E-state index in [0.29, 0.717) is 17.7 Å². The highest BCUT2D eigenvalue weighted by Gasteiger charge is 2.52. The maximum absolute atomic E-state index is 12.2. The summed E-state index contributed by atoms with van der Waals surface area (Å²) >= 11 is 0. The summed E-state index contributed by atoms with van der Waals surface area (Å²) in [6.45, 7) is 19.7. The Hall–Kier alpha value is -2.24. The Morgan fingerprint density at radius 1 is 1.18 bits per heavy atom. The van der Waals surface area contributed by atoms with Crippen LogP contribution >= 0.6 is 0 Å². The molecule has 0 bridgehead atoms. The average Bonchev–Trinajstić information content (AvgIpc) is 2.85. The highest BCUT2D eigenvalue weighted by atomic mass is 16.7. The number of nitrogens with zero attached hydrogens (tertiary/aromatic N) is 2. The zero-order valence-electron chi connectivity index (χ0n) is 21.8. The standard InChI is InChI=1S/C25H39BN2O5/c1-17(2)14-25(10,28(21(29)30)22(3,4)5)16-31-20-12-11-19(13-18(20)15-27)26-32-23(6,7)24(8,9)33-26/h11-13,17H,14,16H2,1-10H3,(H,29,30). The number of rotatable bonds is 7. The summed E-state index contributed by atoms with van der Waals surface area (Å²) in [7, 11) is -0.578. The van der Waals surface area contributed by atoms with Crippen LogP contribution < -0.4 is 10.2 Å². The maximum atomic E-state index is 12.2. The van der Waals surface area contributed by atoms with Crippen molar-refractivity contribution in [3.63, 3.8) is 0 Å². The lowest BCUT2D eigenvalue weighted by molar-refractivity contribution is -0.0109. The van der Waals surface area contributed by atoms with Crippen molar-refractivity contribution in [2.75, 3.05) is 6.61 Å². The van der Waals surface area contributed by atoms with Gasteiger partial charge in [-0.05, 0) is 85.3 Å². The summed E-state index contributed by atoms with van der Waals surface area (Å²) in [5.74, 6) is 0.663. The molecule has 1 saturated heterocycles. The van der Waals surface area contributed by atoms with Crippen molar-refractivity contribution in [1.29, 1.82) is 5.26 Å². The smallest absolute Gasteiger partial charge is 0.490 e. The second kappa shape index (κ2) is 9.19. The molecule has 7 nitrogen and oxygen atoms in total. The zero-order valence-corrected chi connectivity index (χ0v) is 21.8. The summed E-state index contributed by atoms with van der Waals surface area (Å²) in [4.78, 5) is 13.7. The van der Waals surface area contributed by atoms with E-state index >= 15 is 0 Å². The van der Waals surface area contributed by atoms with Gasteiger partial charge in [-0.25, -0.2) is 4.79 Å². The van der Waals surface area contributed by atoms with Crippen LogP contribution in [0.2, 0.25) is 0 Å². The van der Waals surface area contributed by atoms with E-state index in [-0.39, 0.29) is 12.5 Å². The third-order valence-electron chi connectivity index (χ3n) is 6.44. The number of carbonyl (C=O) groups is 1. The van der Waals surface area contributed by atoms with Crippen LogP contribution in [0.25, 0.3) is 0 Å². The van der Waals surface area contributed by atoms with Crippen molar-refractivity contribution < 1.29 is 23.9 Å². The number of nitriles is 1. The van der Waals surface area contributed by atoms with Crippen LogP contribution in [-0.4, -0.2) is 52.1 Å². The Labute approximate surface area is 199 Å². The van der Waals surface area contributed by atoms with E-state index in [1.54, 1.807) is 12.1 Å². The van der Waals surface area contributed by atoms with Crippen LogP contribution in [0.5, 0.6) is 5.75 Å². The van der Waals surface area contributed by atoms with Crippen molar-refractivity contribution in [1.82, 2.24) is 4.90 Å². The number of amides is 1. The minimum absolute atomic E-state index is 0.124. The van der Waals surface area contributed by atoms with Gasteiger partial charge in [0.1, 0.15) is 18.4 Å². The van der Waals surface area contributed by atoms with Crippen molar-refractivity contribution in [2.45, 2.75) is 97.9 Å². The van der Waals surface area contributed by atoms with Crippen molar-refractivity contribution >= 4 is 18.7 Å². The Balaban J connectivity index is 2.32. The van der Waals surface area contributed by atoms with Gasteiger partial charge in [0.2, 0.25) is 0 Å². The van der Waals surface area contributed by atoms with Gasteiger partial charge in [-0.15, -0.1) is 0 Å². The van der Waals surface area contributed by atoms with E-state index in [4.69, 9.17) is 14.0 Å². The van der Waals surface area contributed by atoms with Crippen molar-refractivity contribution in [2.24, 2.45) is 5.92 Å². The topological polar surface area (TPSA) is 92.0 Å². The molecule has 182 valence electrons. The molecule has 1 heterocycles. The van der Waals surface area contributed by atoms with Crippen LogP contribution in [0.4, 0.5) is 4.79 Å². The first-order valence-electron chi connectivity index (χ1n) is 11.5. The van der Waals surface area contributed by atoms with E-state index in [9.17, 15) is 15.2 Å². The highest BCUT2D eigenvalue weighted by Crippen LogP contribution is 2.37. The minimum Gasteiger partial charge on any atom is -0.490 e. The third kappa shape index (κ3) is 5.82. The number of carboxylic acid groups (broad SMARTS) is 1. The molecule has 33 heavy (non-hydrogen) atoms. The van der Waals surface area contributed by atoms with Gasteiger partial charge < -0.3 is 19.2 Å². The van der Waals surface area contributed by atoms with Gasteiger partial charge in [0, 0.05) is 5.54 Å². The molecule has 1 aromatic carbocycles. The molecular formula is C25H39BN2O5. The Morgan fingerprint density at radius 3 is 2.15 bits per heavy atom. The van der Waals surface area contributed by atoms with Crippen LogP contribution in [0.1, 0.15) is 81.2 Å². The van der Waals surface area contributed by atoms with Gasteiger partial charge in [0.05, 0.1) is 22.3 Å². The zero-order chi connectivity index (χ0) is 25.4. The Morgan fingerprint density at radius 2 is 1.73 bits per heavy atom. The van der Waals surface area contributed by atoms with Gasteiger partial charge in [-0.1, -0.05) is 19.9 Å². The van der Waals surface area contributed by atoms with Gasteiger partial charge in [-0.3, -0.25) is 4.90 Å². The largest absolute Gasteiger partial charge is 0.494 e. The van der Waals surface area contributed by atoms with Crippen molar-refractivity contribution in [3.05, 3.63) is 23.8 Å². The lowest BCUT2D eigenvalue weighted by Gasteiger charge is -2.47. The van der Waals surface area contributed by atoms with Crippen LogP contribution in [-0.2, 0) is 9.31 Å². The number of ether oxygens (including phenoxy) is 1. The summed E-state index contributed by atoms with van der Waals surface area (Å²) in [5.41, 5.74) is -1.26. The lowest BCUT2D eigenvalue weighted by atomic mass is 9.78. The summed E-state index contributed by atoms with van der Waals surface area (Å²) in [6, 6.07) is 7.48. The van der Waals surface area contributed by atoms with Gasteiger partial charge in [0.25, 0.3) is 0 Å². The fourth-order valence-corrected chi connectivity index (χ4v) is 4.54. The number of hydrogen-bond donors (Lipinski definition) is 1. The normalized spacial score (nSPS) is 19.2. The first-order chi connectivity index (χ1) is 14.9. The molecule has 1 aromatic rings. The molecule has 1 aliphatic heterocycles. The second-order valence-corrected chi connectivity index (χ2v) is 11.6. The first-order valence-corrected chi connectivity index (χ1v) is 11.5. The maximum Gasteiger partial charge on any atom is 0.494 e. The molecule has 1 N–H and O–H groups in total. The van der Waals surface area contributed by atoms with E-state index < -0.39 is 35.5 Å². The third-order valence-corrected chi connectivity index (χ3v) is 6.44. The fourth-order valence-electron chi connectivity index (χ4n) is 4.54. The summed E-state index contributed by atoms with van der Waals surface area (Å²) in [5, 5.41) is 19.8. The van der Waals surface area contributed by atoms with Crippen LogP contribution in [0.15, 0.2) is 18.2 Å². The second-order valence-electron chi connectivity index (χ2n) is 11.6. The molecule has 1 amide bonds. The molecule has 1 unspecified atom stereocenters. The molecule has 0 aromatic heterocycles. The molecular weight excluding hydrogens is 419 g/mol. The Bertz CT molecular complexity index is 900. The minimum atomic E-state index is -0.995. The van der Waals surface area contributed by atoms with E-state index in [2.05, 4.69) is 19.9 Å². The van der Waals surface area contributed by atoms with Crippen molar-refractivity contribution in [3.8, 4) is 11.8 Å². The quantitative estimate of drug-likeness (QED) is 0.589. The molecule has 8 heteroatoms. The van der Waals surface area contributed by atoms with Gasteiger partial charge in [-0.2, -0.15) is 5.26 Å². The van der Waals surface area contributed by atoms with E-state index in [1.807, 2.05) is 61.5 Å². The molecule has 2 rings (SSSR count). The van der Waals surface area contributed by atoms with Gasteiger partial charge in [0.15, 0.2) is 0 Å². The highest BCUT2D eigenvalue weighted by molar-refractivity contribution is 6.62. The summed E-state index contributed by atoms with van der Waals surface area (Å²) in [6.07, 6.45) is -0.379. The molecule has 1 fully saturated rings. The molecule has 1 atom stereocenters. The average molecular weight is 458 g/mol. The lowest BCUT2D eigenvalue weighted by Crippen LogP contribution is -2.61. The van der Waals surface area contributed by atoms with E-state index in [1.165, 1.54) is 4.90 Å². The molecule has 0 radical (unpaired) electrons. The molecule has 0 aliphatic carbocycles. The molecule has 1 aliphatic rings. The first kappa shape index (κ1) is 27.0. The van der Waals surface area contributed by atoms with Gasteiger partial charge >= 0.3 is 13.2 Å². The monoisotopic (exact) mass is 458 g/mol.